The van der Waals surface area contributed by atoms with Gasteiger partial charge in [-0.25, -0.2) is 4.79 Å². The van der Waals surface area contributed by atoms with Gasteiger partial charge in [0.2, 0.25) is 0 Å². The maximum absolute atomic E-state index is 12.9. The normalized spacial score (nSPS) is 14.4. The molecular formula is C24H24N2O3. The highest BCUT2D eigenvalue weighted by Crippen LogP contribution is 2.40. The fourth-order valence-electron chi connectivity index (χ4n) is 3.42. The zero-order valence-electron chi connectivity index (χ0n) is 16.9. The van der Waals surface area contributed by atoms with Crippen molar-refractivity contribution in [3.63, 3.8) is 0 Å². The Morgan fingerprint density at radius 3 is 2.59 bits per heavy atom. The minimum atomic E-state index is -0.917. The number of amides is 1. The van der Waals surface area contributed by atoms with Crippen LogP contribution in [0.25, 0.3) is 10.9 Å². The second-order valence-corrected chi connectivity index (χ2v) is 7.74. The van der Waals surface area contributed by atoms with Crippen molar-refractivity contribution in [3.05, 3.63) is 70.9 Å². The van der Waals surface area contributed by atoms with Gasteiger partial charge in [-0.2, -0.15) is 0 Å². The number of ether oxygens (including phenoxy) is 1. The fraction of sp³-hybridized carbons (Fsp3) is 0.292. The Morgan fingerprint density at radius 1 is 1.10 bits per heavy atom. The molecule has 1 atom stereocenters. The molecule has 0 aliphatic heterocycles. The molecule has 5 nitrogen and oxygen atoms in total. The van der Waals surface area contributed by atoms with E-state index in [-0.39, 0.29) is 5.91 Å². The summed E-state index contributed by atoms with van der Waals surface area (Å²) in [5, 5.41) is 3.58. The molecule has 0 spiro atoms. The SMILES string of the molecule is Cc1ccc(NC(=O)[C@H](C)OC(=O)c2cc(C3CC3)nc3ccccc23)c(C)c1. The minimum absolute atomic E-state index is 0.355. The van der Waals surface area contributed by atoms with Gasteiger partial charge in [0.15, 0.2) is 6.10 Å². The van der Waals surface area contributed by atoms with E-state index in [1.165, 1.54) is 0 Å². The number of para-hydroxylation sites is 1. The highest BCUT2D eigenvalue weighted by molar-refractivity contribution is 6.05. The molecule has 1 N–H and O–H groups in total. The van der Waals surface area contributed by atoms with Crippen molar-refractivity contribution < 1.29 is 14.3 Å². The third-order valence-corrected chi connectivity index (χ3v) is 5.24. The first-order valence-electron chi connectivity index (χ1n) is 9.91. The van der Waals surface area contributed by atoms with E-state index in [4.69, 9.17) is 4.74 Å². The van der Waals surface area contributed by atoms with Crippen LogP contribution in [0.15, 0.2) is 48.5 Å². The third-order valence-electron chi connectivity index (χ3n) is 5.24. The van der Waals surface area contributed by atoms with Crippen LogP contribution >= 0.6 is 0 Å². The molecule has 1 heterocycles. The molecule has 1 aliphatic carbocycles. The summed E-state index contributed by atoms with van der Waals surface area (Å²) in [5.41, 5.74) is 4.96. The Morgan fingerprint density at radius 2 is 1.86 bits per heavy atom. The van der Waals surface area contributed by atoms with Crippen molar-refractivity contribution in [2.24, 2.45) is 0 Å². The van der Waals surface area contributed by atoms with E-state index in [0.29, 0.717) is 17.2 Å². The average Bonchev–Trinajstić information content (AvgIpc) is 3.54. The van der Waals surface area contributed by atoms with Crippen molar-refractivity contribution in [1.82, 2.24) is 4.98 Å². The fourth-order valence-corrected chi connectivity index (χ4v) is 3.42. The number of nitrogens with one attached hydrogen (secondary N) is 1. The first kappa shape index (κ1) is 19.1. The minimum Gasteiger partial charge on any atom is -0.449 e. The van der Waals surface area contributed by atoms with Crippen LogP contribution in [0.5, 0.6) is 0 Å². The van der Waals surface area contributed by atoms with Gasteiger partial charge in [0.1, 0.15) is 0 Å². The largest absolute Gasteiger partial charge is 0.449 e. The summed E-state index contributed by atoms with van der Waals surface area (Å²) >= 11 is 0. The van der Waals surface area contributed by atoms with Crippen molar-refractivity contribution >= 4 is 28.5 Å². The molecule has 1 fully saturated rings. The van der Waals surface area contributed by atoms with Gasteiger partial charge >= 0.3 is 5.97 Å². The lowest BCUT2D eigenvalue weighted by Crippen LogP contribution is -2.30. The number of benzene rings is 2. The number of carbonyl (C=O) groups excluding carboxylic acids is 2. The number of aryl methyl sites for hydroxylation is 2. The number of hydrogen-bond donors (Lipinski definition) is 1. The summed E-state index contributed by atoms with van der Waals surface area (Å²) in [6.07, 6.45) is 1.27. The number of carbonyl (C=O) groups is 2. The Balaban J connectivity index is 1.53. The molecule has 1 aliphatic rings. The molecule has 0 saturated heterocycles. The Hall–Kier alpha value is -3.21. The molecule has 2 aromatic carbocycles. The van der Waals surface area contributed by atoms with E-state index in [1.807, 2.05) is 62.4 Å². The number of esters is 1. The number of rotatable bonds is 5. The molecule has 1 saturated carbocycles. The van der Waals surface area contributed by atoms with Crippen molar-refractivity contribution in [2.45, 2.75) is 45.6 Å². The quantitative estimate of drug-likeness (QED) is 0.631. The molecule has 1 amide bonds. The van der Waals surface area contributed by atoms with Crippen LogP contribution in [0.2, 0.25) is 0 Å². The molecule has 29 heavy (non-hydrogen) atoms. The van der Waals surface area contributed by atoms with Crippen LogP contribution in [0.1, 0.15) is 52.9 Å². The van der Waals surface area contributed by atoms with E-state index in [0.717, 1.165) is 40.6 Å². The Bertz CT molecular complexity index is 1100. The lowest BCUT2D eigenvalue weighted by Gasteiger charge is -2.16. The van der Waals surface area contributed by atoms with Crippen LogP contribution in [0.3, 0.4) is 0 Å². The monoisotopic (exact) mass is 388 g/mol. The zero-order chi connectivity index (χ0) is 20.5. The first-order chi connectivity index (χ1) is 13.9. The molecular weight excluding hydrogens is 364 g/mol. The van der Waals surface area contributed by atoms with Gasteiger partial charge in [-0.1, -0.05) is 35.9 Å². The van der Waals surface area contributed by atoms with Gasteiger partial charge < -0.3 is 10.1 Å². The highest BCUT2D eigenvalue weighted by Gasteiger charge is 2.28. The van der Waals surface area contributed by atoms with Gasteiger partial charge in [0.25, 0.3) is 5.91 Å². The summed E-state index contributed by atoms with van der Waals surface area (Å²) in [6.45, 7) is 5.52. The molecule has 1 aromatic heterocycles. The number of pyridine rings is 1. The number of anilines is 1. The van der Waals surface area contributed by atoms with Crippen LogP contribution in [0.4, 0.5) is 5.69 Å². The van der Waals surface area contributed by atoms with Crippen molar-refractivity contribution in [3.8, 4) is 0 Å². The summed E-state index contributed by atoms with van der Waals surface area (Å²) in [6, 6.07) is 15.1. The van der Waals surface area contributed by atoms with Gasteiger partial charge in [-0.3, -0.25) is 9.78 Å². The summed E-state index contributed by atoms with van der Waals surface area (Å²) in [7, 11) is 0. The van der Waals surface area contributed by atoms with E-state index in [9.17, 15) is 9.59 Å². The number of hydrogen-bond acceptors (Lipinski definition) is 4. The van der Waals surface area contributed by atoms with E-state index >= 15 is 0 Å². The topological polar surface area (TPSA) is 68.3 Å². The van der Waals surface area contributed by atoms with Crippen LogP contribution in [-0.2, 0) is 9.53 Å². The summed E-state index contributed by atoms with van der Waals surface area (Å²) < 4.78 is 5.52. The molecule has 0 radical (unpaired) electrons. The highest BCUT2D eigenvalue weighted by atomic mass is 16.5. The lowest BCUT2D eigenvalue weighted by molar-refractivity contribution is -0.123. The second kappa shape index (κ2) is 7.66. The van der Waals surface area contributed by atoms with Crippen molar-refractivity contribution in [2.75, 3.05) is 5.32 Å². The number of fused-ring (bicyclic) bond motifs is 1. The van der Waals surface area contributed by atoms with Crippen LogP contribution in [-0.4, -0.2) is 23.0 Å². The molecule has 3 aromatic rings. The van der Waals surface area contributed by atoms with E-state index in [1.54, 1.807) is 6.92 Å². The third kappa shape index (κ3) is 4.14. The predicted molar refractivity (Wildman–Crippen MR) is 113 cm³/mol. The average molecular weight is 388 g/mol. The van der Waals surface area contributed by atoms with E-state index in [2.05, 4.69) is 10.3 Å². The first-order valence-corrected chi connectivity index (χ1v) is 9.91. The van der Waals surface area contributed by atoms with E-state index < -0.39 is 12.1 Å². The smallest absolute Gasteiger partial charge is 0.339 e. The Labute approximate surface area is 170 Å². The summed E-state index contributed by atoms with van der Waals surface area (Å²) in [4.78, 5) is 30.1. The molecule has 0 unspecified atom stereocenters. The molecule has 148 valence electrons. The Kier molecular flexibility index (Phi) is 5.05. The molecule has 0 bridgehead atoms. The molecule has 5 heteroatoms. The van der Waals surface area contributed by atoms with Crippen molar-refractivity contribution in [1.29, 1.82) is 0 Å². The predicted octanol–water partition coefficient (Wildman–Crippen LogP) is 4.91. The van der Waals surface area contributed by atoms with Gasteiger partial charge in [0, 0.05) is 22.7 Å². The number of nitrogens with zero attached hydrogens (tertiary/aromatic N) is 1. The molecule has 4 rings (SSSR count). The van der Waals surface area contributed by atoms with Crippen LogP contribution in [0, 0.1) is 13.8 Å². The van der Waals surface area contributed by atoms with Gasteiger partial charge in [-0.15, -0.1) is 0 Å². The second-order valence-electron chi connectivity index (χ2n) is 7.74. The van der Waals surface area contributed by atoms with Crippen LogP contribution < -0.4 is 5.32 Å². The maximum Gasteiger partial charge on any atom is 0.339 e. The summed E-state index contributed by atoms with van der Waals surface area (Å²) in [5.74, 6) is -0.448. The lowest BCUT2D eigenvalue weighted by atomic mass is 10.1. The zero-order valence-corrected chi connectivity index (χ0v) is 16.9. The van der Waals surface area contributed by atoms with Gasteiger partial charge in [-0.05, 0) is 57.4 Å². The maximum atomic E-state index is 12.9. The standard InChI is InChI=1S/C24H24N2O3/c1-14-8-11-20(15(2)12-14)26-23(27)16(3)29-24(28)19-13-22(17-9-10-17)25-21-7-5-4-6-18(19)21/h4-8,11-13,16-17H,9-10H2,1-3H3,(H,26,27)/t16-/m0/s1. The number of aromatic nitrogens is 1. The van der Waals surface area contributed by atoms with Gasteiger partial charge in [0.05, 0.1) is 11.1 Å².